The van der Waals surface area contributed by atoms with Crippen LogP contribution in [0.5, 0.6) is 0 Å². The van der Waals surface area contributed by atoms with E-state index in [1.54, 1.807) is 4.68 Å². The first-order chi connectivity index (χ1) is 9.02. The number of nitrogens with one attached hydrogen (secondary N) is 1. The molecule has 1 aromatic rings. The van der Waals surface area contributed by atoms with Crippen molar-refractivity contribution in [1.29, 1.82) is 0 Å². The van der Waals surface area contributed by atoms with Crippen LogP contribution in [0.15, 0.2) is 6.20 Å². The number of likely N-dealkylation sites (N-methyl/N-ethyl adjacent to an activating group) is 1. The highest BCUT2D eigenvalue weighted by Crippen LogP contribution is 2.35. The fourth-order valence-corrected chi connectivity index (χ4v) is 3.31. The van der Waals surface area contributed by atoms with Crippen molar-refractivity contribution in [1.82, 2.24) is 20.3 Å². The van der Waals surface area contributed by atoms with Crippen molar-refractivity contribution in [3.05, 3.63) is 11.9 Å². The van der Waals surface area contributed by atoms with Crippen LogP contribution in [0.1, 0.15) is 33.4 Å². The Morgan fingerprint density at radius 1 is 1.37 bits per heavy atom. The van der Waals surface area contributed by atoms with E-state index in [0.29, 0.717) is 30.1 Å². The highest BCUT2D eigenvalue weighted by molar-refractivity contribution is 5.01. The Hall–Kier alpha value is -0.940. The average Bonchev–Trinajstić information content (AvgIpc) is 2.84. The summed E-state index contributed by atoms with van der Waals surface area (Å²) >= 11 is 0. The molecule has 108 valence electrons. The Bertz CT molecular complexity index is 406. The Kier molecular flexibility index (Phi) is 4.58. The SMILES string of the molecule is CCNC(Cc1cn(C)nn1)C1C(C)OC(C)C1C. The van der Waals surface area contributed by atoms with Gasteiger partial charge in [-0.2, -0.15) is 0 Å². The first-order valence-corrected chi connectivity index (χ1v) is 7.27. The van der Waals surface area contributed by atoms with Gasteiger partial charge >= 0.3 is 0 Å². The Balaban J connectivity index is 2.11. The molecule has 2 rings (SSSR count). The van der Waals surface area contributed by atoms with Crippen LogP contribution >= 0.6 is 0 Å². The van der Waals surface area contributed by atoms with Gasteiger partial charge < -0.3 is 10.1 Å². The van der Waals surface area contributed by atoms with Crippen molar-refractivity contribution in [3.8, 4) is 0 Å². The zero-order valence-corrected chi connectivity index (χ0v) is 12.6. The summed E-state index contributed by atoms with van der Waals surface area (Å²) in [5, 5.41) is 11.8. The summed E-state index contributed by atoms with van der Waals surface area (Å²) in [5.41, 5.74) is 1.05. The van der Waals surface area contributed by atoms with E-state index in [4.69, 9.17) is 4.74 Å². The molecule has 0 spiro atoms. The van der Waals surface area contributed by atoms with Gasteiger partial charge in [0.05, 0.1) is 17.9 Å². The molecule has 1 fully saturated rings. The topological polar surface area (TPSA) is 52.0 Å². The van der Waals surface area contributed by atoms with Crippen LogP contribution in [-0.2, 0) is 18.2 Å². The van der Waals surface area contributed by atoms with Gasteiger partial charge in [-0.25, -0.2) is 0 Å². The van der Waals surface area contributed by atoms with Crippen LogP contribution in [0, 0.1) is 11.8 Å². The number of aryl methyl sites for hydroxylation is 1. The molecule has 1 aliphatic rings. The number of hydrogen-bond donors (Lipinski definition) is 1. The molecule has 0 aromatic carbocycles. The molecule has 19 heavy (non-hydrogen) atoms. The molecular weight excluding hydrogens is 240 g/mol. The summed E-state index contributed by atoms with van der Waals surface area (Å²) in [7, 11) is 1.91. The second-order valence-electron chi connectivity index (χ2n) is 5.73. The molecule has 1 aromatic heterocycles. The second-order valence-corrected chi connectivity index (χ2v) is 5.73. The highest BCUT2D eigenvalue weighted by atomic mass is 16.5. The third kappa shape index (κ3) is 3.15. The highest BCUT2D eigenvalue weighted by Gasteiger charge is 2.41. The molecule has 0 saturated carbocycles. The van der Waals surface area contributed by atoms with Gasteiger partial charge in [0.15, 0.2) is 0 Å². The van der Waals surface area contributed by atoms with Gasteiger partial charge in [0.2, 0.25) is 0 Å². The Labute approximate surface area is 115 Å². The third-order valence-electron chi connectivity index (χ3n) is 4.33. The maximum Gasteiger partial charge on any atom is 0.0842 e. The van der Waals surface area contributed by atoms with E-state index in [-0.39, 0.29) is 0 Å². The number of aromatic nitrogens is 3. The Morgan fingerprint density at radius 3 is 2.58 bits per heavy atom. The molecule has 5 nitrogen and oxygen atoms in total. The number of hydrogen-bond acceptors (Lipinski definition) is 4. The maximum absolute atomic E-state index is 5.97. The van der Waals surface area contributed by atoms with Crippen molar-refractivity contribution in [3.63, 3.8) is 0 Å². The van der Waals surface area contributed by atoms with E-state index in [0.717, 1.165) is 18.7 Å². The second kappa shape index (κ2) is 6.01. The minimum absolute atomic E-state index is 0.297. The summed E-state index contributed by atoms with van der Waals surface area (Å²) in [6.07, 6.45) is 3.55. The van der Waals surface area contributed by atoms with Crippen LogP contribution in [0.25, 0.3) is 0 Å². The summed E-state index contributed by atoms with van der Waals surface area (Å²) in [4.78, 5) is 0. The molecule has 2 heterocycles. The van der Waals surface area contributed by atoms with E-state index >= 15 is 0 Å². The Morgan fingerprint density at radius 2 is 2.11 bits per heavy atom. The fourth-order valence-electron chi connectivity index (χ4n) is 3.31. The normalized spacial score (nSPS) is 32.7. The molecule has 0 radical (unpaired) electrons. The van der Waals surface area contributed by atoms with Crippen LogP contribution in [0.4, 0.5) is 0 Å². The van der Waals surface area contributed by atoms with Crippen molar-refractivity contribution in [2.75, 3.05) is 6.54 Å². The van der Waals surface area contributed by atoms with Gasteiger partial charge in [-0.1, -0.05) is 19.1 Å². The molecule has 0 amide bonds. The first kappa shape index (κ1) is 14.5. The summed E-state index contributed by atoms with van der Waals surface area (Å²) in [6.45, 7) is 9.77. The van der Waals surface area contributed by atoms with E-state index in [2.05, 4.69) is 43.3 Å². The summed E-state index contributed by atoms with van der Waals surface area (Å²) in [6, 6.07) is 0.400. The van der Waals surface area contributed by atoms with Crippen LogP contribution in [-0.4, -0.2) is 39.8 Å². The van der Waals surface area contributed by atoms with E-state index in [1.165, 1.54) is 0 Å². The molecule has 5 heteroatoms. The standard InChI is InChI=1S/C14H26N4O/c1-6-15-13(7-12-8-18(5)17-16-12)14-9(2)10(3)19-11(14)4/h8-11,13-15H,6-7H2,1-5H3. The van der Waals surface area contributed by atoms with Crippen molar-refractivity contribution < 1.29 is 4.74 Å². The number of ether oxygens (including phenoxy) is 1. The fraction of sp³-hybridized carbons (Fsp3) is 0.857. The quantitative estimate of drug-likeness (QED) is 0.875. The molecule has 1 saturated heterocycles. The van der Waals surface area contributed by atoms with Crippen molar-refractivity contribution >= 4 is 0 Å². The van der Waals surface area contributed by atoms with Gasteiger partial charge in [-0.05, 0) is 26.3 Å². The van der Waals surface area contributed by atoms with Gasteiger partial charge in [0, 0.05) is 31.6 Å². The predicted molar refractivity (Wildman–Crippen MR) is 74.8 cm³/mol. The lowest BCUT2D eigenvalue weighted by Gasteiger charge is -2.29. The lowest BCUT2D eigenvalue weighted by Crippen LogP contribution is -2.43. The predicted octanol–water partition coefficient (Wildman–Crippen LogP) is 1.40. The van der Waals surface area contributed by atoms with Gasteiger partial charge in [-0.15, -0.1) is 5.10 Å². The largest absolute Gasteiger partial charge is 0.375 e. The van der Waals surface area contributed by atoms with Crippen LogP contribution in [0.3, 0.4) is 0 Å². The van der Waals surface area contributed by atoms with E-state index < -0.39 is 0 Å². The molecular formula is C14H26N4O. The zero-order chi connectivity index (χ0) is 14.0. The molecule has 1 aliphatic heterocycles. The monoisotopic (exact) mass is 266 g/mol. The molecule has 1 N–H and O–H groups in total. The van der Waals surface area contributed by atoms with E-state index in [9.17, 15) is 0 Å². The van der Waals surface area contributed by atoms with Gasteiger partial charge in [-0.3, -0.25) is 4.68 Å². The minimum atomic E-state index is 0.297. The van der Waals surface area contributed by atoms with E-state index in [1.807, 2.05) is 13.2 Å². The molecule has 0 aliphatic carbocycles. The molecule has 0 bridgehead atoms. The maximum atomic E-state index is 5.97. The van der Waals surface area contributed by atoms with Crippen molar-refractivity contribution in [2.24, 2.45) is 18.9 Å². The third-order valence-corrected chi connectivity index (χ3v) is 4.33. The first-order valence-electron chi connectivity index (χ1n) is 7.27. The smallest absolute Gasteiger partial charge is 0.0842 e. The lowest BCUT2D eigenvalue weighted by molar-refractivity contribution is 0.0476. The van der Waals surface area contributed by atoms with Gasteiger partial charge in [0.25, 0.3) is 0 Å². The average molecular weight is 266 g/mol. The lowest BCUT2D eigenvalue weighted by atomic mass is 9.81. The number of nitrogens with zero attached hydrogens (tertiary/aromatic N) is 3. The minimum Gasteiger partial charge on any atom is -0.375 e. The van der Waals surface area contributed by atoms with Crippen LogP contribution < -0.4 is 5.32 Å². The van der Waals surface area contributed by atoms with Gasteiger partial charge in [0.1, 0.15) is 0 Å². The van der Waals surface area contributed by atoms with Crippen LogP contribution in [0.2, 0.25) is 0 Å². The summed E-state index contributed by atoms with van der Waals surface area (Å²) < 4.78 is 7.74. The van der Waals surface area contributed by atoms with Crippen molar-refractivity contribution in [2.45, 2.75) is 52.4 Å². The zero-order valence-electron chi connectivity index (χ0n) is 12.6. The number of rotatable bonds is 5. The molecule has 5 unspecified atom stereocenters. The summed E-state index contributed by atoms with van der Waals surface area (Å²) in [5.74, 6) is 1.09. The molecule has 5 atom stereocenters.